The van der Waals surface area contributed by atoms with E-state index in [-0.39, 0.29) is 29.5 Å². The van der Waals surface area contributed by atoms with Crippen molar-refractivity contribution >= 4 is 16.8 Å². The number of aromatic amines is 1. The number of benzene rings is 1. The maximum absolute atomic E-state index is 12.6. The van der Waals surface area contributed by atoms with Crippen molar-refractivity contribution in [2.75, 3.05) is 6.61 Å². The zero-order chi connectivity index (χ0) is 20.6. The first-order valence-corrected chi connectivity index (χ1v) is 9.34. The average molecular weight is 403 g/mol. The Kier molecular flexibility index (Phi) is 4.94. The number of fused-ring (bicyclic) bond motifs is 1. The molecule has 4 rings (SSSR count). The lowest BCUT2D eigenvalue weighted by molar-refractivity contribution is -0.153. The van der Waals surface area contributed by atoms with Crippen molar-refractivity contribution in [3.63, 3.8) is 0 Å². The van der Waals surface area contributed by atoms with Crippen LogP contribution in [0.15, 0.2) is 48.8 Å². The highest BCUT2D eigenvalue weighted by atomic mass is 19.4. The summed E-state index contributed by atoms with van der Waals surface area (Å²) in [6.07, 6.45) is -0.482. The van der Waals surface area contributed by atoms with Crippen molar-refractivity contribution in [1.29, 1.82) is 0 Å². The molecule has 1 fully saturated rings. The molecule has 2 heterocycles. The van der Waals surface area contributed by atoms with Crippen LogP contribution >= 0.6 is 0 Å². The summed E-state index contributed by atoms with van der Waals surface area (Å²) in [6, 6.07) is 10.7. The largest absolute Gasteiger partial charge is 0.483 e. The Morgan fingerprint density at radius 3 is 2.86 bits per heavy atom. The highest BCUT2D eigenvalue weighted by molar-refractivity contribution is 5.88. The third-order valence-corrected chi connectivity index (χ3v) is 5.12. The first-order valence-electron chi connectivity index (χ1n) is 9.34. The van der Waals surface area contributed by atoms with E-state index in [0.29, 0.717) is 5.69 Å². The van der Waals surface area contributed by atoms with E-state index in [1.54, 1.807) is 13.0 Å². The summed E-state index contributed by atoms with van der Waals surface area (Å²) in [6.45, 7) is 0.429. The second-order valence-corrected chi connectivity index (χ2v) is 7.29. The number of halogens is 3. The summed E-state index contributed by atoms with van der Waals surface area (Å²) >= 11 is 0. The average Bonchev–Trinajstić information content (AvgIpc) is 3.34. The van der Waals surface area contributed by atoms with Crippen LogP contribution < -0.4 is 10.1 Å². The third-order valence-electron chi connectivity index (χ3n) is 5.12. The minimum atomic E-state index is -4.40. The van der Waals surface area contributed by atoms with Gasteiger partial charge in [-0.25, -0.2) is 0 Å². The number of rotatable bonds is 6. The Labute approximate surface area is 165 Å². The van der Waals surface area contributed by atoms with Crippen LogP contribution in [-0.4, -0.2) is 28.7 Å². The minimum absolute atomic E-state index is 0.0338. The maximum atomic E-state index is 12.6. The van der Waals surface area contributed by atoms with Gasteiger partial charge in [-0.1, -0.05) is 12.1 Å². The number of nitrogens with zero attached hydrogens (tertiary/aromatic N) is 1. The molecular formula is C21H20F3N3O2. The minimum Gasteiger partial charge on any atom is -0.483 e. The standard InChI is InChI=1S/C21H20F3N3O2/c1-12(18-6-5-13(10-26-18)29-11-21(22,23)24)27-20(28)17-9-16(17)14-3-2-4-19-15(14)7-8-25-19/h2-8,10,12,16-17,25H,9,11H2,1H3,(H,27,28)/t12?,16-,17+/m0/s1. The second-order valence-electron chi connectivity index (χ2n) is 7.29. The van der Waals surface area contributed by atoms with Crippen LogP contribution in [0.3, 0.4) is 0 Å². The van der Waals surface area contributed by atoms with Gasteiger partial charge >= 0.3 is 6.18 Å². The Hall–Kier alpha value is -3.03. The fourth-order valence-electron chi connectivity index (χ4n) is 3.55. The molecule has 0 radical (unpaired) electrons. The number of nitrogens with one attached hydrogen (secondary N) is 2. The monoisotopic (exact) mass is 403 g/mol. The van der Waals surface area contributed by atoms with E-state index >= 15 is 0 Å². The normalized spacial score (nSPS) is 19.7. The van der Waals surface area contributed by atoms with Gasteiger partial charge in [0, 0.05) is 23.0 Å². The predicted molar refractivity (Wildman–Crippen MR) is 101 cm³/mol. The molecule has 0 bridgehead atoms. The number of carbonyl (C=O) groups excluding carboxylic acids is 1. The van der Waals surface area contributed by atoms with Gasteiger partial charge in [-0.15, -0.1) is 0 Å². The number of pyridine rings is 1. The van der Waals surface area contributed by atoms with Crippen molar-refractivity contribution in [1.82, 2.24) is 15.3 Å². The first kappa shape index (κ1) is 19.3. The molecule has 0 spiro atoms. The zero-order valence-corrected chi connectivity index (χ0v) is 15.7. The number of amides is 1. The van der Waals surface area contributed by atoms with Crippen molar-refractivity contribution in [3.05, 3.63) is 60.0 Å². The number of carbonyl (C=O) groups is 1. The van der Waals surface area contributed by atoms with Crippen molar-refractivity contribution in [3.8, 4) is 5.75 Å². The molecule has 3 aromatic rings. The Morgan fingerprint density at radius 2 is 2.14 bits per heavy atom. The third kappa shape index (κ3) is 4.36. The molecule has 1 unspecified atom stereocenters. The molecule has 1 amide bonds. The summed E-state index contributed by atoms with van der Waals surface area (Å²) in [5.41, 5.74) is 2.78. The molecule has 3 atom stereocenters. The van der Waals surface area contributed by atoms with Gasteiger partial charge in [0.25, 0.3) is 0 Å². The number of aromatic nitrogens is 2. The van der Waals surface area contributed by atoms with Gasteiger partial charge in [-0.3, -0.25) is 9.78 Å². The summed E-state index contributed by atoms with van der Waals surface area (Å²) in [7, 11) is 0. The van der Waals surface area contributed by atoms with Gasteiger partial charge in [-0.05, 0) is 49.1 Å². The maximum Gasteiger partial charge on any atom is 0.422 e. The highest BCUT2D eigenvalue weighted by Crippen LogP contribution is 2.49. The van der Waals surface area contributed by atoms with Gasteiger partial charge in [-0.2, -0.15) is 13.2 Å². The highest BCUT2D eigenvalue weighted by Gasteiger charge is 2.45. The molecule has 2 N–H and O–H groups in total. The van der Waals surface area contributed by atoms with E-state index in [1.807, 2.05) is 24.4 Å². The molecule has 152 valence electrons. The SMILES string of the molecule is CC(NC(=O)[C@@H]1C[C@H]1c1cccc2[nH]ccc12)c1ccc(OCC(F)(F)F)cn1. The lowest BCUT2D eigenvalue weighted by Gasteiger charge is -2.14. The summed E-state index contributed by atoms with van der Waals surface area (Å²) in [5.74, 6) is 0.0841. The number of hydrogen-bond donors (Lipinski definition) is 2. The Balaban J connectivity index is 1.35. The first-order chi connectivity index (χ1) is 13.8. The molecular weight excluding hydrogens is 383 g/mol. The van der Waals surface area contributed by atoms with E-state index in [0.717, 1.165) is 17.3 Å². The van der Waals surface area contributed by atoms with Crippen LogP contribution in [0, 0.1) is 5.92 Å². The molecule has 29 heavy (non-hydrogen) atoms. The number of ether oxygens (including phenoxy) is 1. The quantitative estimate of drug-likeness (QED) is 0.638. The number of hydrogen-bond acceptors (Lipinski definition) is 3. The van der Waals surface area contributed by atoms with Gasteiger partial charge in [0.15, 0.2) is 6.61 Å². The van der Waals surface area contributed by atoms with Gasteiger partial charge in [0.05, 0.1) is 17.9 Å². The molecule has 1 aromatic carbocycles. The summed E-state index contributed by atoms with van der Waals surface area (Å²) in [5, 5.41) is 4.08. The van der Waals surface area contributed by atoms with E-state index in [1.165, 1.54) is 17.8 Å². The van der Waals surface area contributed by atoms with E-state index in [4.69, 9.17) is 0 Å². The molecule has 8 heteroatoms. The van der Waals surface area contributed by atoms with E-state index in [9.17, 15) is 18.0 Å². The van der Waals surface area contributed by atoms with Crippen LogP contribution in [-0.2, 0) is 4.79 Å². The topological polar surface area (TPSA) is 67.0 Å². The molecule has 0 aliphatic heterocycles. The number of H-pyrrole nitrogens is 1. The summed E-state index contributed by atoms with van der Waals surface area (Å²) < 4.78 is 41.3. The van der Waals surface area contributed by atoms with E-state index in [2.05, 4.69) is 26.1 Å². The van der Waals surface area contributed by atoms with Crippen LogP contribution in [0.2, 0.25) is 0 Å². The van der Waals surface area contributed by atoms with Crippen molar-refractivity contribution < 1.29 is 22.7 Å². The van der Waals surface area contributed by atoms with E-state index < -0.39 is 12.8 Å². The van der Waals surface area contributed by atoms with Gasteiger partial charge in [0.1, 0.15) is 5.75 Å². The van der Waals surface area contributed by atoms with Crippen LogP contribution in [0.1, 0.15) is 36.6 Å². The van der Waals surface area contributed by atoms with Crippen LogP contribution in [0.25, 0.3) is 10.9 Å². The predicted octanol–water partition coefficient (Wildman–Crippen LogP) is 4.48. The Morgan fingerprint density at radius 1 is 1.31 bits per heavy atom. The van der Waals surface area contributed by atoms with Crippen molar-refractivity contribution in [2.45, 2.75) is 31.5 Å². The molecule has 1 aliphatic rings. The molecule has 2 aromatic heterocycles. The lowest BCUT2D eigenvalue weighted by atomic mass is 10.0. The van der Waals surface area contributed by atoms with Crippen LogP contribution in [0.5, 0.6) is 5.75 Å². The van der Waals surface area contributed by atoms with Crippen LogP contribution in [0.4, 0.5) is 13.2 Å². The summed E-state index contributed by atoms with van der Waals surface area (Å²) in [4.78, 5) is 19.9. The zero-order valence-electron chi connectivity index (χ0n) is 15.7. The molecule has 5 nitrogen and oxygen atoms in total. The lowest BCUT2D eigenvalue weighted by Crippen LogP contribution is -2.29. The molecule has 1 saturated carbocycles. The fraction of sp³-hybridized carbons (Fsp3) is 0.333. The van der Waals surface area contributed by atoms with Gasteiger partial charge in [0.2, 0.25) is 5.91 Å². The smallest absolute Gasteiger partial charge is 0.422 e. The second kappa shape index (κ2) is 7.42. The Bertz CT molecular complexity index is 1010. The molecule has 0 saturated heterocycles. The molecule has 1 aliphatic carbocycles. The van der Waals surface area contributed by atoms with Crippen molar-refractivity contribution in [2.24, 2.45) is 5.92 Å². The van der Waals surface area contributed by atoms with Gasteiger partial charge < -0.3 is 15.0 Å². The fourth-order valence-corrected chi connectivity index (χ4v) is 3.55. The number of alkyl halides is 3.